The quantitative estimate of drug-likeness (QED) is 0.541. The van der Waals surface area contributed by atoms with Gasteiger partial charge in [-0.25, -0.2) is 9.18 Å². The van der Waals surface area contributed by atoms with Crippen molar-refractivity contribution in [2.45, 2.75) is 13.5 Å². The van der Waals surface area contributed by atoms with Gasteiger partial charge < -0.3 is 15.4 Å². The number of carbonyl (C=O) groups is 3. The van der Waals surface area contributed by atoms with Crippen LogP contribution in [0.5, 0.6) is 5.75 Å². The summed E-state index contributed by atoms with van der Waals surface area (Å²) in [7, 11) is 0. The molecular weight excluding hydrogens is 451 g/mol. The van der Waals surface area contributed by atoms with Crippen molar-refractivity contribution in [3.05, 3.63) is 84.2 Å². The highest BCUT2D eigenvalue weighted by atomic mass is 19.1. The number of nitrogens with zero attached hydrogens (tertiary/aromatic N) is 2. The molecule has 1 heterocycles. The van der Waals surface area contributed by atoms with Gasteiger partial charge in [-0.15, -0.1) is 0 Å². The number of rotatable bonds is 7. The molecule has 0 saturated carbocycles. The minimum atomic E-state index is -0.533. The molecule has 0 bridgehead atoms. The van der Waals surface area contributed by atoms with Crippen molar-refractivity contribution in [2.75, 3.05) is 34.8 Å². The van der Waals surface area contributed by atoms with E-state index in [4.69, 9.17) is 4.74 Å². The number of amides is 4. The molecular formula is C26H25FN4O4. The first-order valence-electron chi connectivity index (χ1n) is 11.2. The van der Waals surface area contributed by atoms with Gasteiger partial charge in [-0.2, -0.15) is 0 Å². The van der Waals surface area contributed by atoms with E-state index in [0.717, 1.165) is 5.56 Å². The van der Waals surface area contributed by atoms with Crippen LogP contribution in [0.25, 0.3) is 0 Å². The fourth-order valence-electron chi connectivity index (χ4n) is 3.78. The van der Waals surface area contributed by atoms with Crippen molar-refractivity contribution in [1.29, 1.82) is 0 Å². The first kappa shape index (κ1) is 23.7. The molecule has 2 N–H and O–H groups in total. The van der Waals surface area contributed by atoms with Crippen molar-refractivity contribution >= 4 is 34.9 Å². The van der Waals surface area contributed by atoms with Gasteiger partial charge in [0.25, 0.3) is 0 Å². The molecule has 180 valence electrons. The molecule has 4 rings (SSSR count). The zero-order chi connectivity index (χ0) is 24.8. The molecule has 9 heteroatoms. The van der Waals surface area contributed by atoms with Crippen LogP contribution in [0.2, 0.25) is 0 Å². The van der Waals surface area contributed by atoms with Crippen LogP contribution in [0.15, 0.2) is 72.8 Å². The van der Waals surface area contributed by atoms with Crippen LogP contribution < -0.4 is 25.2 Å². The molecule has 0 aliphatic carbocycles. The van der Waals surface area contributed by atoms with Crippen molar-refractivity contribution in [3.63, 3.8) is 0 Å². The number of ether oxygens (including phenoxy) is 1. The topological polar surface area (TPSA) is 91.0 Å². The summed E-state index contributed by atoms with van der Waals surface area (Å²) in [6.07, 6.45) is 0. The average Bonchev–Trinajstić information content (AvgIpc) is 2.86. The predicted octanol–water partition coefficient (Wildman–Crippen LogP) is 3.93. The van der Waals surface area contributed by atoms with Crippen LogP contribution in [0, 0.1) is 5.82 Å². The number of hydrogen-bond acceptors (Lipinski definition) is 4. The summed E-state index contributed by atoms with van der Waals surface area (Å²) in [5.41, 5.74) is 2.16. The Balaban J connectivity index is 1.46. The summed E-state index contributed by atoms with van der Waals surface area (Å²) >= 11 is 0. The summed E-state index contributed by atoms with van der Waals surface area (Å²) in [4.78, 5) is 41.3. The van der Waals surface area contributed by atoms with Crippen LogP contribution in [0.4, 0.5) is 26.2 Å². The van der Waals surface area contributed by atoms with Gasteiger partial charge in [0.05, 0.1) is 18.0 Å². The zero-order valence-electron chi connectivity index (χ0n) is 19.2. The maximum Gasteiger partial charge on any atom is 0.326 e. The van der Waals surface area contributed by atoms with E-state index in [2.05, 4.69) is 10.6 Å². The molecule has 8 nitrogen and oxygen atoms in total. The Labute approximate surface area is 202 Å². The largest absolute Gasteiger partial charge is 0.494 e. The van der Waals surface area contributed by atoms with Gasteiger partial charge in [-0.05, 0) is 49.4 Å². The molecule has 1 aliphatic heterocycles. The number of fused-ring (bicyclic) bond motifs is 1. The molecule has 0 saturated heterocycles. The molecule has 35 heavy (non-hydrogen) atoms. The van der Waals surface area contributed by atoms with Crippen LogP contribution in [-0.2, 0) is 16.1 Å². The highest BCUT2D eigenvalue weighted by Crippen LogP contribution is 2.33. The molecule has 0 aromatic heterocycles. The van der Waals surface area contributed by atoms with Gasteiger partial charge in [-0.1, -0.05) is 30.3 Å². The van der Waals surface area contributed by atoms with Crippen molar-refractivity contribution < 1.29 is 23.5 Å². The number of nitrogens with one attached hydrogen (secondary N) is 2. The van der Waals surface area contributed by atoms with Gasteiger partial charge in [0.15, 0.2) is 0 Å². The number of halogens is 1. The van der Waals surface area contributed by atoms with Gasteiger partial charge in [0, 0.05) is 17.8 Å². The first-order chi connectivity index (χ1) is 17.0. The standard InChI is InChI=1S/C26H25FN4O4/c1-2-35-23-10-6-3-7-18(23)15-28-24(32)16-30-21-8-4-5-9-22(21)31(17-25(30)33)26(34)29-20-13-11-19(27)12-14-20/h3-14H,2,15-17H2,1H3,(H,28,32)(H,29,34). The Hall–Kier alpha value is -4.40. The molecule has 1 aliphatic rings. The first-order valence-corrected chi connectivity index (χ1v) is 11.2. The second kappa shape index (κ2) is 10.7. The minimum Gasteiger partial charge on any atom is -0.494 e. The third-order valence-electron chi connectivity index (χ3n) is 5.45. The number of hydrogen-bond donors (Lipinski definition) is 2. The second-order valence-corrected chi connectivity index (χ2v) is 7.81. The normalized spacial score (nSPS) is 12.7. The highest BCUT2D eigenvalue weighted by molar-refractivity contribution is 6.15. The van der Waals surface area contributed by atoms with E-state index in [1.54, 1.807) is 24.3 Å². The Bertz CT molecular complexity index is 1230. The summed E-state index contributed by atoms with van der Waals surface area (Å²) in [5.74, 6) is -0.471. The van der Waals surface area contributed by atoms with E-state index in [0.29, 0.717) is 29.4 Å². The molecule has 3 aromatic rings. The number of benzene rings is 3. The summed E-state index contributed by atoms with van der Waals surface area (Å²) < 4.78 is 18.8. The van der Waals surface area contributed by atoms with E-state index < -0.39 is 17.8 Å². The fraction of sp³-hybridized carbons (Fsp3) is 0.192. The Kier molecular flexibility index (Phi) is 7.25. The number of urea groups is 1. The van der Waals surface area contributed by atoms with E-state index in [-0.39, 0.29) is 25.5 Å². The summed E-state index contributed by atoms with van der Waals surface area (Å²) in [6.45, 7) is 2.21. The van der Waals surface area contributed by atoms with Gasteiger partial charge in [0.2, 0.25) is 11.8 Å². The van der Waals surface area contributed by atoms with Crippen LogP contribution in [0.1, 0.15) is 12.5 Å². The van der Waals surface area contributed by atoms with E-state index in [1.165, 1.54) is 34.1 Å². The monoisotopic (exact) mass is 476 g/mol. The van der Waals surface area contributed by atoms with Gasteiger partial charge >= 0.3 is 6.03 Å². The van der Waals surface area contributed by atoms with Crippen molar-refractivity contribution in [1.82, 2.24) is 5.32 Å². The lowest BCUT2D eigenvalue weighted by molar-refractivity contribution is -0.123. The molecule has 4 amide bonds. The number of anilines is 3. The smallest absolute Gasteiger partial charge is 0.326 e. The Morgan fingerprint density at radius 2 is 1.66 bits per heavy atom. The molecule has 0 atom stereocenters. The van der Waals surface area contributed by atoms with Gasteiger partial charge in [-0.3, -0.25) is 19.4 Å². The predicted molar refractivity (Wildman–Crippen MR) is 131 cm³/mol. The molecule has 3 aromatic carbocycles. The van der Waals surface area contributed by atoms with Crippen molar-refractivity contribution in [2.24, 2.45) is 0 Å². The molecule has 0 fully saturated rings. The lowest BCUT2D eigenvalue weighted by Crippen LogP contribution is -2.52. The van der Waals surface area contributed by atoms with Crippen LogP contribution in [-0.4, -0.2) is 37.5 Å². The molecule has 0 spiro atoms. The SMILES string of the molecule is CCOc1ccccc1CNC(=O)CN1C(=O)CN(C(=O)Nc2ccc(F)cc2)c2ccccc21. The third kappa shape index (κ3) is 5.57. The maximum atomic E-state index is 13.2. The van der Waals surface area contributed by atoms with Crippen molar-refractivity contribution in [3.8, 4) is 5.75 Å². The van der Waals surface area contributed by atoms with E-state index in [9.17, 15) is 18.8 Å². The van der Waals surface area contributed by atoms with Crippen LogP contribution >= 0.6 is 0 Å². The Morgan fingerprint density at radius 1 is 0.971 bits per heavy atom. The van der Waals surface area contributed by atoms with E-state index >= 15 is 0 Å². The van der Waals surface area contributed by atoms with Gasteiger partial charge in [0.1, 0.15) is 24.7 Å². The third-order valence-corrected chi connectivity index (χ3v) is 5.45. The Morgan fingerprint density at radius 3 is 2.40 bits per heavy atom. The maximum absolute atomic E-state index is 13.2. The number of carbonyl (C=O) groups excluding carboxylic acids is 3. The highest BCUT2D eigenvalue weighted by Gasteiger charge is 2.33. The lowest BCUT2D eigenvalue weighted by atomic mass is 10.1. The average molecular weight is 477 g/mol. The van der Waals surface area contributed by atoms with Crippen LogP contribution in [0.3, 0.4) is 0 Å². The zero-order valence-corrected chi connectivity index (χ0v) is 19.2. The fourth-order valence-corrected chi connectivity index (χ4v) is 3.78. The lowest BCUT2D eigenvalue weighted by Gasteiger charge is -2.35. The number of para-hydroxylation sites is 3. The molecule has 0 unspecified atom stereocenters. The molecule has 0 radical (unpaired) electrons. The second-order valence-electron chi connectivity index (χ2n) is 7.81. The summed E-state index contributed by atoms with van der Waals surface area (Å²) in [5, 5.41) is 5.50. The van der Waals surface area contributed by atoms with E-state index in [1.807, 2.05) is 31.2 Å². The summed E-state index contributed by atoms with van der Waals surface area (Å²) in [6, 6.07) is 19.1. The minimum absolute atomic E-state index is 0.194.